The lowest BCUT2D eigenvalue weighted by Crippen LogP contribution is -1.56. The van der Waals surface area contributed by atoms with Crippen LogP contribution >= 0.6 is 0 Å². The first-order valence-corrected chi connectivity index (χ1v) is 10.4. The first kappa shape index (κ1) is 33.6. The molecule has 0 radical (unpaired) electrons. The predicted molar refractivity (Wildman–Crippen MR) is 130 cm³/mol. The summed E-state index contributed by atoms with van der Waals surface area (Å²) in [5.74, 6) is 0.965. The van der Waals surface area contributed by atoms with Crippen molar-refractivity contribution in [3.8, 4) is 17.2 Å². The fourth-order valence-electron chi connectivity index (χ4n) is 1.28. The smallest absolute Gasteiger partial charge is 0.115 e. The lowest BCUT2D eigenvalue weighted by molar-refractivity contribution is 0.475. The van der Waals surface area contributed by atoms with E-state index in [1.807, 2.05) is 73.6 Å². The Kier molecular flexibility index (Phi) is 37.9. The van der Waals surface area contributed by atoms with Crippen molar-refractivity contribution >= 4 is 0 Å². The molecule has 3 rings (SSSR count). The van der Waals surface area contributed by atoms with Crippen LogP contribution in [-0.2, 0) is 0 Å². The van der Waals surface area contributed by atoms with E-state index in [1.54, 1.807) is 72.8 Å². The second-order valence-corrected chi connectivity index (χ2v) is 4.01. The van der Waals surface area contributed by atoms with Gasteiger partial charge in [-0.1, -0.05) is 110 Å². The molecule has 0 saturated heterocycles. The van der Waals surface area contributed by atoms with Gasteiger partial charge in [-0.2, -0.15) is 0 Å². The number of phenols is 3. The average molecular weight is 403 g/mol. The molecule has 0 fully saturated rings. The highest BCUT2D eigenvalue weighted by molar-refractivity contribution is 5.19. The molecule has 3 nitrogen and oxygen atoms in total. The van der Waals surface area contributed by atoms with Crippen LogP contribution in [0, 0.1) is 0 Å². The zero-order valence-electron chi connectivity index (χ0n) is 19.5. The molecule has 0 heterocycles. The third-order valence-electron chi connectivity index (χ3n) is 2.27. The summed E-state index contributed by atoms with van der Waals surface area (Å²) in [5.41, 5.74) is 0. The molecule has 0 aromatic heterocycles. The van der Waals surface area contributed by atoms with E-state index < -0.39 is 0 Å². The van der Waals surface area contributed by atoms with Crippen LogP contribution in [0.25, 0.3) is 0 Å². The van der Waals surface area contributed by atoms with Gasteiger partial charge in [-0.15, -0.1) is 0 Å². The van der Waals surface area contributed by atoms with E-state index in [4.69, 9.17) is 15.3 Å². The minimum Gasteiger partial charge on any atom is -0.508 e. The molecule has 0 unspecified atom stereocenters. The third kappa shape index (κ3) is 30.0. The van der Waals surface area contributed by atoms with E-state index in [-0.39, 0.29) is 0 Å². The van der Waals surface area contributed by atoms with E-state index in [9.17, 15) is 0 Å². The van der Waals surface area contributed by atoms with Crippen LogP contribution in [0.15, 0.2) is 91.0 Å². The van der Waals surface area contributed by atoms with Gasteiger partial charge in [-0.25, -0.2) is 0 Å². The number of aromatic hydroxyl groups is 3. The monoisotopic (exact) mass is 402 g/mol. The van der Waals surface area contributed by atoms with E-state index in [0.717, 1.165) is 0 Å². The maximum atomic E-state index is 8.63. The van der Waals surface area contributed by atoms with Gasteiger partial charge in [0.1, 0.15) is 17.2 Å². The molecule has 0 aliphatic heterocycles. The van der Waals surface area contributed by atoms with Crippen molar-refractivity contribution in [1.29, 1.82) is 0 Å². The quantitative estimate of drug-likeness (QED) is 0.354. The molecule has 0 saturated carbocycles. The van der Waals surface area contributed by atoms with Crippen LogP contribution in [0.4, 0.5) is 0 Å². The fraction of sp³-hybridized carbons (Fsp3) is 0.308. The number of phenolic OH excluding ortho intramolecular Hbond substituents is 3. The summed E-state index contributed by atoms with van der Waals surface area (Å²) in [6, 6.07) is 26.1. The Bertz CT molecular complexity index is 493. The maximum absolute atomic E-state index is 8.63. The fourth-order valence-corrected chi connectivity index (χ4v) is 1.28. The molecule has 0 atom stereocenters. The van der Waals surface area contributed by atoms with Crippen LogP contribution in [0.3, 0.4) is 0 Å². The van der Waals surface area contributed by atoms with Gasteiger partial charge in [-0.05, 0) is 36.4 Å². The summed E-state index contributed by atoms with van der Waals surface area (Å²) in [4.78, 5) is 0. The van der Waals surface area contributed by atoms with Gasteiger partial charge in [0.15, 0.2) is 0 Å². The normalized spacial score (nSPS) is 7.03. The van der Waals surface area contributed by atoms with Crippen molar-refractivity contribution in [1.82, 2.24) is 0 Å². The second kappa shape index (κ2) is 32.7. The van der Waals surface area contributed by atoms with Gasteiger partial charge in [0.25, 0.3) is 0 Å². The summed E-state index contributed by atoms with van der Waals surface area (Å²) in [5, 5.41) is 25.9. The Morgan fingerprint density at radius 3 is 0.517 bits per heavy atom. The van der Waals surface area contributed by atoms with Gasteiger partial charge >= 0.3 is 0 Å². The predicted octanol–water partition coefficient (Wildman–Crippen LogP) is 8.28. The number of para-hydroxylation sites is 3. The van der Waals surface area contributed by atoms with Crippen LogP contribution in [-0.4, -0.2) is 15.3 Å². The van der Waals surface area contributed by atoms with Crippen molar-refractivity contribution in [3.05, 3.63) is 91.0 Å². The third-order valence-corrected chi connectivity index (χ3v) is 2.27. The molecule has 3 aromatic rings. The van der Waals surface area contributed by atoms with Crippen LogP contribution in [0.1, 0.15) is 55.4 Å². The molecule has 0 aliphatic carbocycles. The minimum absolute atomic E-state index is 0.322. The molecule has 0 aliphatic rings. The lowest BCUT2D eigenvalue weighted by atomic mass is 10.3. The molecule has 29 heavy (non-hydrogen) atoms. The Hall–Kier alpha value is -2.94. The van der Waals surface area contributed by atoms with E-state index in [1.165, 1.54) is 0 Å². The van der Waals surface area contributed by atoms with E-state index in [2.05, 4.69) is 0 Å². The van der Waals surface area contributed by atoms with Crippen LogP contribution in [0.2, 0.25) is 0 Å². The maximum Gasteiger partial charge on any atom is 0.115 e. The first-order valence-electron chi connectivity index (χ1n) is 10.4. The molecule has 3 heteroatoms. The minimum atomic E-state index is 0.322. The Balaban J connectivity index is -0.000000138. The van der Waals surface area contributed by atoms with Crippen molar-refractivity contribution in [2.45, 2.75) is 55.4 Å². The summed E-state index contributed by atoms with van der Waals surface area (Å²) < 4.78 is 0. The summed E-state index contributed by atoms with van der Waals surface area (Å²) in [6.07, 6.45) is 0. The average Bonchev–Trinajstić information content (AvgIpc) is 2.82. The van der Waals surface area contributed by atoms with Gasteiger partial charge in [0, 0.05) is 0 Å². The molecule has 0 spiro atoms. The number of benzene rings is 3. The van der Waals surface area contributed by atoms with Crippen molar-refractivity contribution in [2.75, 3.05) is 0 Å². The van der Waals surface area contributed by atoms with Gasteiger partial charge < -0.3 is 15.3 Å². The van der Waals surface area contributed by atoms with E-state index >= 15 is 0 Å². The summed E-state index contributed by atoms with van der Waals surface area (Å²) in [7, 11) is 0. The van der Waals surface area contributed by atoms with Crippen LogP contribution < -0.4 is 0 Å². The molecule has 3 N–H and O–H groups in total. The number of rotatable bonds is 0. The molecular weight excluding hydrogens is 360 g/mol. The van der Waals surface area contributed by atoms with Crippen molar-refractivity contribution in [2.24, 2.45) is 0 Å². The van der Waals surface area contributed by atoms with Gasteiger partial charge in [-0.3, -0.25) is 0 Å². The highest BCUT2D eigenvalue weighted by Crippen LogP contribution is 2.04. The summed E-state index contributed by atoms with van der Waals surface area (Å²) in [6.45, 7) is 16.0. The molecule has 164 valence electrons. The molecule has 3 aromatic carbocycles. The van der Waals surface area contributed by atoms with Crippen molar-refractivity contribution in [3.63, 3.8) is 0 Å². The zero-order chi connectivity index (χ0) is 23.3. The number of hydrogen-bond donors (Lipinski definition) is 3. The van der Waals surface area contributed by atoms with Gasteiger partial charge in [0.2, 0.25) is 0 Å². The van der Waals surface area contributed by atoms with Gasteiger partial charge in [0.05, 0.1) is 0 Å². The Morgan fingerprint density at radius 1 is 0.310 bits per heavy atom. The molecular formula is C26H42O3. The highest BCUT2D eigenvalue weighted by Gasteiger charge is 1.76. The van der Waals surface area contributed by atoms with E-state index in [0.29, 0.717) is 17.2 Å². The topological polar surface area (TPSA) is 60.7 Å². The second-order valence-electron chi connectivity index (χ2n) is 4.01. The summed E-state index contributed by atoms with van der Waals surface area (Å²) >= 11 is 0. The Labute approximate surface area is 179 Å². The van der Waals surface area contributed by atoms with Crippen molar-refractivity contribution < 1.29 is 15.3 Å². The highest BCUT2D eigenvalue weighted by atomic mass is 16.3. The Morgan fingerprint density at radius 2 is 0.448 bits per heavy atom. The standard InChI is InChI=1S/3C6H6O.4C2H6/c3*7-6-4-2-1-3-5-6;4*1-2/h3*1-5,7H;4*1-2H3. The van der Waals surface area contributed by atoms with Crippen LogP contribution in [0.5, 0.6) is 17.2 Å². The SMILES string of the molecule is CC.CC.CC.CC.Oc1ccccc1.Oc1ccccc1.Oc1ccccc1. The molecule has 0 amide bonds. The largest absolute Gasteiger partial charge is 0.508 e. The number of hydrogen-bond acceptors (Lipinski definition) is 3. The lowest BCUT2D eigenvalue weighted by Gasteiger charge is -1.82. The first-order chi connectivity index (χ1) is 14.2. The molecule has 0 bridgehead atoms. The zero-order valence-corrected chi connectivity index (χ0v) is 19.5.